The van der Waals surface area contributed by atoms with E-state index in [2.05, 4.69) is 48.5 Å². The molecule has 1 aliphatic carbocycles. The Morgan fingerprint density at radius 1 is 0.571 bits per heavy atom. The van der Waals surface area contributed by atoms with Gasteiger partial charge in [0.25, 0.3) is 0 Å². The molecule has 1 aliphatic rings. The molecule has 28 heavy (non-hydrogen) atoms. The lowest BCUT2D eigenvalue weighted by Crippen LogP contribution is -1.94. The molecule has 5 rings (SSSR count). The van der Waals surface area contributed by atoms with Gasteiger partial charge in [-0.1, -0.05) is 91.0 Å². The van der Waals surface area contributed by atoms with Crippen LogP contribution in [-0.4, -0.2) is 11.1 Å². The first-order valence-electron chi connectivity index (χ1n) is 9.27. The van der Waals surface area contributed by atoms with Crippen LogP contribution in [-0.2, 0) is 6.42 Å². The highest BCUT2D eigenvalue weighted by Crippen LogP contribution is 2.35. The van der Waals surface area contributed by atoms with Crippen molar-refractivity contribution in [2.45, 2.75) is 6.42 Å². The highest BCUT2D eigenvalue weighted by Gasteiger charge is 2.15. The fraction of sp³-hybridized carbons (Fsp3) is 0.0385. The van der Waals surface area contributed by atoms with Crippen molar-refractivity contribution in [1.82, 2.24) is 0 Å². The molecule has 2 heteroatoms. The van der Waals surface area contributed by atoms with Crippen LogP contribution in [0.4, 0.5) is 0 Å². The zero-order chi connectivity index (χ0) is 19.3. The largest absolute Gasteiger partial charge is 0.478 e. The summed E-state index contributed by atoms with van der Waals surface area (Å²) in [7, 11) is 0. The molecule has 0 aromatic heterocycles. The summed E-state index contributed by atoms with van der Waals surface area (Å²) in [5.41, 5.74) is 8.19. The Kier molecular flexibility index (Phi) is 5.03. The van der Waals surface area contributed by atoms with Gasteiger partial charge in [0.05, 0.1) is 5.56 Å². The Bertz CT molecular complexity index is 1050. The second kappa shape index (κ2) is 7.93. The van der Waals surface area contributed by atoms with E-state index in [1.807, 2.05) is 42.5 Å². The second-order valence-electron chi connectivity index (χ2n) is 6.74. The minimum absolute atomic E-state index is 0.315. The Morgan fingerprint density at radius 3 is 1.57 bits per heavy atom. The van der Waals surface area contributed by atoms with Crippen LogP contribution in [0.25, 0.3) is 22.3 Å². The van der Waals surface area contributed by atoms with Crippen molar-refractivity contribution >= 4 is 5.97 Å². The van der Waals surface area contributed by atoms with Crippen molar-refractivity contribution in [1.29, 1.82) is 0 Å². The van der Waals surface area contributed by atoms with E-state index in [9.17, 15) is 4.79 Å². The molecular formula is C26H20O2. The summed E-state index contributed by atoms with van der Waals surface area (Å²) in [4.78, 5) is 10.6. The topological polar surface area (TPSA) is 37.3 Å². The van der Waals surface area contributed by atoms with Crippen molar-refractivity contribution in [3.63, 3.8) is 0 Å². The van der Waals surface area contributed by atoms with Gasteiger partial charge in [-0.2, -0.15) is 0 Å². The zero-order valence-electron chi connectivity index (χ0n) is 15.4. The van der Waals surface area contributed by atoms with Gasteiger partial charge in [-0.15, -0.1) is 0 Å². The fourth-order valence-electron chi connectivity index (χ4n) is 3.52. The summed E-state index contributed by atoms with van der Waals surface area (Å²) in [6, 6.07) is 34.0. The number of fused-ring (bicyclic) bond motifs is 3. The van der Waals surface area contributed by atoms with Crippen LogP contribution in [0.5, 0.6) is 0 Å². The number of rotatable bonds is 2. The van der Waals surface area contributed by atoms with E-state index in [-0.39, 0.29) is 0 Å². The number of aromatic carboxylic acids is 1. The summed E-state index contributed by atoms with van der Waals surface area (Å²) < 4.78 is 0. The van der Waals surface area contributed by atoms with Crippen molar-refractivity contribution in [3.8, 4) is 22.3 Å². The van der Waals surface area contributed by atoms with E-state index in [4.69, 9.17) is 5.11 Å². The van der Waals surface area contributed by atoms with Crippen LogP contribution in [0.2, 0.25) is 0 Å². The van der Waals surface area contributed by atoms with Crippen molar-refractivity contribution in [2.24, 2.45) is 0 Å². The molecule has 0 radical (unpaired) electrons. The third-order valence-electron chi connectivity index (χ3n) is 4.94. The zero-order valence-corrected chi connectivity index (χ0v) is 15.4. The summed E-state index contributed by atoms with van der Waals surface area (Å²) in [6.07, 6.45) is 1.10. The van der Waals surface area contributed by atoms with Crippen molar-refractivity contribution in [2.75, 3.05) is 0 Å². The quantitative estimate of drug-likeness (QED) is 0.398. The van der Waals surface area contributed by atoms with Gasteiger partial charge in [0.2, 0.25) is 0 Å². The van der Waals surface area contributed by atoms with Gasteiger partial charge in [-0.05, 0) is 51.9 Å². The SMILES string of the molecule is O=C(O)c1ccc(-c2ccccc2)cc1.c1ccc2c(c1)Cc1ccccc1-2. The summed E-state index contributed by atoms with van der Waals surface area (Å²) in [5.74, 6) is -0.894. The predicted molar refractivity (Wildman–Crippen MR) is 114 cm³/mol. The molecule has 1 N–H and O–H groups in total. The highest BCUT2D eigenvalue weighted by atomic mass is 16.4. The Labute approximate surface area is 164 Å². The standard InChI is InChI=1S/C13H10O2.C13H10/c14-13(15)12-8-6-11(7-9-12)10-4-2-1-3-5-10;1-3-7-12-10(5-1)9-11-6-2-4-8-13(11)12/h1-9H,(H,14,15);1-8H,9H2. The molecule has 0 bridgehead atoms. The average molecular weight is 364 g/mol. The van der Waals surface area contributed by atoms with Gasteiger partial charge >= 0.3 is 5.97 Å². The van der Waals surface area contributed by atoms with Gasteiger partial charge in [-0.25, -0.2) is 4.79 Å². The maximum Gasteiger partial charge on any atom is 0.335 e. The summed E-state index contributed by atoms with van der Waals surface area (Å²) in [5, 5.41) is 8.75. The Hall–Kier alpha value is -3.65. The third-order valence-corrected chi connectivity index (χ3v) is 4.94. The van der Waals surface area contributed by atoms with Crippen LogP contribution in [0.3, 0.4) is 0 Å². The van der Waals surface area contributed by atoms with Crippen LogP contribution in [0.1, 0.15) is 21.5 Å². The van der Waals surface area contributed by atoms with Crippen LogP contribution in [0, 0.1) is 0 Å². The third kappa shape index (κ3) is 3.72. The van der Waals surface area contributed by atoms with Crippen molar-refractivity contribution in [3.05, 3.63) is 120 Å². The van der Waals surface area contributed by atoms with Crippen LogP contribution in [0.15, 0.2) is 103 Å². The molecule has 0 saturated carbocycles. The number of carboxylic acids is 1. The first-order valence-corrected chi connectivity index (χ1v) is 9.27. The first kappa shape index (κ1) is 17.7. The van der Waals surface area contributed by atoms with Crippen LogP contribution < -0.4 is 0 Å². The number of carbonyl (C=O) groups is 1. The maximum absolute atomic E-state index is 10.6. The molecule has 4 aromatic carbocycles. The van der Waals surface area contributed by atoms with Gasteiger partial charge in [0.15, 0.2) is 0 Å². The molecular weight excluding hydrogens is 344 g/mol. The molecule has 4 aromatic rings. The molecule has 0 aliphatic heterocycles. The second-order valence-corrected chi connectivity index (χ2v) is 6.74. The molecule has 0 fully saturated rings. The number of hydrogen-bond acceptors (Lipinski definition) is 1. The predicted octanol–water partition coefficient (Wildman–Crippen LogP) is 6.31. The van der Waals surface area contributed by atoms with Gasteiger partial charge < -0.3 is 5.11 Å². The Morgan fingerprint density at radius 2 is 1.04 bits per heavy atom. The number of benzene rings is 4. The average Bonchev–Trinajstić information content (AvgIpc) is 3.14. The summed E-state index contributed by atoms with van der Waals surface area (Å²) >= 11 is 0. The van der Waals surface area contributed by atoms with Gasteiger partial charge in [0, 0.05) is 0 Å². The van der Waals surface area contributed by atoms with E-state index in [1.54, 1.807) is 12.1 Å². The van der Waals surface area contributed by atoms with Crippen molar-refractivity contribution < 1.29 is 9.90 Å². The monoisotopic (exact) mass is 364 g/mol. The van der Waals surface area contributed by atoms with Gasteiger partial charge in [0.1, 0.15) is 0 Å². The first-order chi connectivity index (χ1) is 13.7. The molecule has 0 unspecified atom stereocenters. The van der Waals surface area contributed by atoms with E-state index >= 15 is 0 Å². The molecule has 0 spiro atoms. The fourth-order valence-corrected chi connectivity index (χ4v) is 3.52. The maximum atomic E-state index is 10.6. The molecule has 136 valence electrons. The van der Waals surface area contributed by atoms with Gasteiger partial charge in [-0.3, -0.25) is 0 Å². The number of hydrogen-bond donors (Lipinski definition) is 1. The molecule has 0 amide bonds. The van der Waals surface area contributed by atoms with E-state index in [1.165, 1.54) is 22.3 Å². The lowest BCUT2D eigenvalue weighted by molar-refractivity contribution is 0.0697. The highest BCUT2D eigenvalue weighted by molar-refractivity contribution is 5.88. The minimum atomic E-state index is -0.894. The van der Waals surface area contributed by atoms with E-state index < -0.39 is 5.97 Å². The van der Waals surface area contributed by atoms with E-state index in [0.29, 0.717) is 5.56 Å². The molecule has 0 atom stereocenters. The smallest absolute Gasteiger partial charge is 0.335 e. The lowest BCUT2D eigenvalue weighted by atomic mass is 10.0. The number of carboxylic acid groups (broad SMARTS) is 1. The lowest BCUT2D eigenvalue weighted by Gasteiger charge is -2.01. The minimum Gasteiger partial charge on any atom is -0.478 e. The molecule has 0 saturated heterocycles. The molecule has 2 nitrogen and oxygen atoms in total. The van der Waals surface area contributed by atoms with E-state index in [0.717, 1.165) is 17.5 Å². The molecule has 0 heterocycles. The normalized spacial score (nSPS) is 11.0. The Balaban J connectivity index is 0.000000138. The summed E-state index contributed by atoms with van der Waals surface area (Å²) in [6.45, 7) is 0. The van der Waals surface area contributed by atoms with Crippen LogP contribution >= 0.6 is 0 Å².